The van der Waals surface area contributed by atoms with Gasteiger partial charge < -0.3 is 9.47 Å². The Balaban J connectivity index is 2.34. The maximum absolute atomic E-state index is 10.8. The topological polar surface area (TPSA) is 61.3 Å². The lowest BCUT2D eigenvalue weighted by molar-refractivity contribution is 0.121. The summed E-state index contributed by atoms with van der Waals surface area (Å²) in [4.78, 5) is 18.7. The molecule has 1 aromatic carbocycles. The number of methoxy groups -OCH3 is 1. The van der Waals surface area contributed by atoms with Crippen LogP contribution in [-0.2, 0) is 4.74 Å². The molecule has 5 nitrogen and oxygen atoms in total. The van der Waals surface area contributed by atoms with Crippen LogP contribution in [0.1, 0.15) is 0 Å². The molecule has 2 aromatic rings. The molecule has 0 atom stereocenters. The van der Waals surface area contributed by atoms with Crippen molar-refractivity contribution < 1.29 is 14.3 Å². The number of fused-ring (bicyclic) bond motifs is 1. The standard InChI is InChI=1S/C10H8N2O3/c1-14-10(13)15-8-3-2-7-5-11-6-12-9(7)4-8/h2-6H,1H3. The summed E-state index contributed by atoms with van der Waals surface area (Å²) in [7, 11) is 1.26. The predicted octanol–water partition coefficient (Wildman–Crippen LogP) is 1.77. The molecule has 0 aliphatic rings. The number of benzene rings is 1. The van der Waals surface area contributed by atoms with E-state index in [4.69, 9.17) is 4.74 Å². The van der Waals surface area contributed by atoms with E-state index in [1.165, 1.54) is 13.4 Å². The van der Waals surface area contributed by atoms with Gasteiger partial charge in [-0.3, -0.25) is 0 Å². The van der Waals surface area contributed by atoms with Crippen molar-refractivity contribution in [2.45, 2.75) is 0 Å². The molecule has 0 aliphatic carbocycles. The summed E-state index contributed by atoms with van der Waals surface area (Å²) in [5.41, 5.74) is 0.714. The normalized spacial score (nSPS) is 9.93. The van der Waals surface area contributed by atoms with Crippen LogP contribution in [0.5, 0.6) is 5.75 Å². The maximum atomic E-state index is 10.8. The Bertz CT molecular complexity index is 499. The van der Waals surface area contributed by atoms with Crippen molar-refractivity contribution in [2.24, 2.45) is 0 Å². The average molecular weight is 204 g/mol. The highest BCUT2D eigenvalue weighted by atomic mass is 16.7. The Labute approximate surface area is 85.7 Å². The number of nitrogens with zero attached hydrogens (tertiary/aromatic N) is 2. The van der Waals surface area contributed by atoms with Gasteiger partial charge in [-0.1, -0.05) is 0 Å². The van der Waals surface area contributed by atoms with Crippen LogP contribution in [0.25, 0.3) is 10.9 Å². The predicted molar refractivity (Wildman–Crippen MR) is 52.6 cm³/mol. The SMILES string of the molecule is COC(=O)Oc1ccc2cncnc2c1. The van der Waals surface area contributed by atoms with Gasteiger partial charge in [0.1, 0.15) is 12.1 Å². The highest BCUT2D eigenvalue weighted by Crippen LogP contribution is 2.18. The average Bonchev–Trinajstić information content (AvgIpc) is 2.29. The lowest BCUT2D eigenvalue weighted by Gasteiger charge is -2.02. The summed E-state index contributed by atoms with van der Waals surface area (Å²) in [5, 5.41) is 0.884. The van der Waals surface area contributed by atoms with Crippen LogP contribution < -0.4 is 4.74 Å². The summed E-state index contributed by atoms with van der Waals surface area (Å²) in [5.74, 6) is 0.396. The number of hydrogen-bond donors (Lipinski definition) is 0. The molecule has 0 unspecified atom stereocenters. The zero-order valence-electron chi connectivity index (χ0n) is 8.01. The quantitative estimate of drug-likeness (QED) is 0.523. The van der Waals surface area contributed by atoms with E-state index in [-0.39, 0.29) is 0 Å². The molecule has 0 fully saturated rings. The Morgan fingerprint density at radius 1 is 1.40 bits per heavy atom. The van der Waals surface area contributed by atoms with Gasteiger partial charge in [0.05, 0.1) is 12.6 Å². The molecule has 0 saturated carbocycles. The summed E-state index contributed by atoms with van der Waals surface area (Å²) in [6, 6.07) is 5.07. The van der Waals surface area contributed by atoms with Crippen LogP contribution in [0.15, 0.2) is 30.7 Å². The van der Waals surface area contributed by atoms with E-state index in [0.717, 1.165) is 5.39 Å². The van der Waals surface area contributed by atoms with Crippen LogP contribution in [0, 0.1) is 0 Å². The molecule has 0 amide bonds. The second-order valence-corrected chi connectivity index (χ2v) is 2.80. The van der Waals surface area contributed by atoms with Gasteiger partial charge in [-0.05, 0) is 12.1 Å². The Morgan fingerprint density at radius 2 is 2.27 bits per heavy atom. The first kappa shape index (κ1) is 9.39. The van der Waals surface area contributed by atoms with Gasteiger partial charge in [0, 0.05) is 17.6 Å². The third-order valence-corrected chi connectivity index (χ3v) is 1.85. The van der Waals surface area contributed by atoms with Crippen molar-refractivity contribution in [3.63, 3.8) is 0 Å². The highest BCUT2D eigenvalue weighted by Gasteiger charge is 2.04. The molecular weight excluding hydrogens is 196 g/mol. The van der Waals surface area contributed by atoms with Gasteiger partial charge in [0.2, 0.25) is 0 Å². The fraction of sp³-hybridized carbons (Fsp3) is 0.100. The smallest absolute Gasteiger partial charge is 0.437 e. The summed E-state index contributed by atoms with van der Waals surface area (Å²) in [6.45, 7) is 0. The first-order valence-electron chi connectivity index (χ1n) is 4.25. The second kappa shape index (κ2) is 3.91. The van der Waals surface area contributed by atoms with Crippen LogP contribution in [0.2, 0.25) is 0 Å². The first-order valence-corrected chi connectivity index (χ1v) is 4.25. The number of carbonyl (C=O) groups is 1. The molecule has 5 heteroatoms. The second-order valence-electron chi connectivity index (χ2n) is 2.80. The molecule has 1 aromatic heterocycles. The number of rotatable bonds is 1. The van der Waals surface area contributed by atoms with Gasteiger partial charge in [-0.25, -0.2) is 14.8 Å². The van der Waals surface area contributed by atoms with Crippen LogP contribution >= 0.6 is 0 Å². The van der Waals surface area contributed by atoms with E-state index in [1.807, 2.05) is 0 Å². The van der Waals surface area contributed by atoms with Gasteiger partial charge >= 0.3 is 6.16 Å². The van der Waals surface area contributed by atoms with Gasteiger partial charge in [0.15, 0.2) is 0 Å². The molecule has 0 aliphatic heterocycles. The van der Waals surface area contributed by atoms with Crippen molar-refractivity contribution in [2.75, 3.05) is 7.11 Å². The molecule has 1 heterocycles. The molecule has 15 heavy (non-hydrogen) atoms. The maximum Gasteiger partial charge on any atom is 0.513 e. The highest BCUT2D eigenvalue weighted by molar-refractivity contribution is 5.79. The Kier molecular flexibility index (Phi) is 2.45. The van der Waals surface area contributed by atoms with Crippen LogP contribution in [0.4, 0.5) is 4.79 Å². The van der Waals surface area contributed by atoms with Gasteiger partial charge in [-0.15, -0.1) is 0 Å². The molecule has 76 valence electrons. The number of hydrogen-bond acceptors (Lipinski definition) is 5. The van der Waals surface area contributed by atoms with Crippen molar-refractivity contribution in [3.05, 3.63) is 30.7 Å². The molecule has 0 radical (unpaired) electrons. The summed E-state index contributed by atoms with van der Waals surface area (Å²) in [6.07, 6.45) is 2.37. The molecule has 0 saturated heterocycles. The lowest BCUT2D eigenvalue weighted by Crippen LogP contribution is -2.07. The summed E-state index contributed by atoms with van der Waals surface area (Å²) < 4.78 is 9.22. The third kappa shape index (κ3) is 2.01. The zero-order valence-corrected chi connectivity index (χ0v) is 8.01. The van der Waals surface area contributed by atoms with E-state index in [1.54, 1.807) is 24.4 Å². The molecule has 0 N–H and O–H groups in total. The van der Waals surface area contributed by atoms with E-state index < -0.39 is 6.16 Å². The minimum absolute atomic E-state index is 0.396. The number of carbonyl (C=O) groups excluding carboxylic acids is 1. The Hall–Kier alpha value is -2.17. The third-order valence-electron chi connectivity index (χ3n) is 1.85. The zero-order chi connectivity index (χ0) is 10.7. The fourth-order valence-electron chi connectivity index (χ4n) is 1.16. The van der Waals surface area contributed by atoms with Crippen molar-refractivity contribution in [3.8, 4) is 5.75 Å². The summed E-state index contributed by atoms with van der Waals surface area (Å²) >= 11 is 0. The lowest BCUT2D eigenvalue weighted by atomic mass is 10.2. The Morgan fingerprint density at radius 3 is 3.07 bits per heavy atom. The molecular formula is C10H8N2O3. The number of aromatic nitrogens is 2. The van der Waals surface area contributed by atoms with Gasteiger partial charge in [0.25, 0.3) is 0 Å². The van der Waals surface area contributed by atoms with E-state index in [2.05, 4.69) is 14.7 Å². The van der Waals surface area contributed by atoms with E-state index >= 15 is 0 Å². The molecule has 0 spiro atoms. The first-order chi connectivity index (χ1) is 7.29. The number of ether oxygens (including phenoxy) is 2. The monoisotopic (exact) mass is 204 g/mol. The van der Waals surface area contributed by atoms with Gasteiger partial charge in [-0.2, -0.15) is 0 Å². The minimum Gasteiger partial charge on any atom is -0.437 e. The minimum atomic E-state index is -0.747. The van der Waals surface area contributed by atoms with Crippen LogP contribution in [0.3, 0.4) is 0 Å². The van der Waals surface area contributed by atoms with E-state index in [9.17, 15) is 4.79 Å². The molecule has 2 rings (SSSR count). The van der Waals surface area contributed by atoms with Crippen LogP contribution in [-0.4, -0.2) is 23.2 Å². The van der Waals surface area contributed by atoms with Crippen molar-refractivity contribution in [1.29, 1.82) is 0 Å². The van der Waals surface area contributed by atoms with Crippen molar-refractivity contribution in [1.82, 2.24) is 9.97 Å². The van der Waals surface area contributed by atoms with Crippen molar-refractivity contribution >= 4 is 17.1 Å². The van der Waals surface area contributed by atoms with E-state index in [0.29, 0.717) is 11.3 Å². The molecule has 0 bridgehead atoms. The largest absolute Gasteiger partial charge is 0.513 e. The fourth-order valence-corrected chi connectivity index (χ4v) is 1.16.